The molecule has 2 N–H and O–H groups in total. The summed E-state index contributed by atoms with van der Waals surface area (Å²) in [6.07, 6.45) is 0. The number of carbonyl (C=O) groups is 1. The topological polar surface area (TPSA) is 58.6 Å². The van der Waals surface area contributed by atoms with Crippen LogP contribution in [-0.4, -0.2) is 24.2 Å². The number of hydrogen-bond donors (Lipinski definition) is 2. The summed E-state index contributed by atoms with van der Waals surface area (Å²) in [6, 6.07) is 3.16. The molecule has 0 spiro atoms. The number of methoxy groups -OCH3 is 1. The van der Waals surface area contributed by atoms with Gasteiger partial charge in [-0.05, 0) is 44.0 Å². The summed E-state index contributed by atoms with van der Waals surface area (Å²) in [5, 5.41) is 11.7. The highest BCUT2D eigenvalue weighted by Gasteiger charge is 2.12. The van der Waals surface area contributed by atoms with Crippen molar-refractivity contribution in [2.45, 2.75) is 26.8 Å². The summed E-state index contributed by atoms with van der Waals surface area (Å²) in [5.41, 5.74) is 2.77. The SMILES string of the molecule is COc1c(C)cc(NC(C)C(=O)O)cc1C. The lowest BCUT2D eigenvalue weighted by atomic mass is 10.1. The van der Waals surface area contributed by atoms with Crippen LogP contribution in [0, 0.1) is 13.8 Å². The normalized spacial score (nSPS) is 12.0. The largest absolute Gasteiger partial charge is 0.496 e. The third kappa shape index (κ3) is 2.66. The Morgan fingerprint density at radius 1 is 1.38 bits per heavy atom. The second kappa shape index (κ2) is 4.88. The Bertz CT molecular complexity index is 378. The Morgan fingerprint density at radius 2 is 1.88 bits per heavy atom. The van der Waals surface area contributed by atoms with Crippen LogP contribution in [0.2, 0.25) is 0 Å². The third-order valence-electron chi connectivity index (χ3n) is 2.42. The molecule has 0 radical (unpaired) electrons. The number of nitrogens with one attached hydrogen (secondary N) is 1. The number of anilines is 1. The zero-order valence-corrected chi connectivity index (χ0v) is 10.00. The first-order valence-electron chi connectivity index (χ1n) is 5.10. The lowest BCUT2D eigenvalue weighted by molar-refractivity contribution is -0.137. The monoisotopic (exact) mass is 223 g/mol. The number of ether oxygens (including phenoxy) is 1. The summed E-state index contributed by atoms with van der Waals surface area (Å²) >= 11 is 0. The average molecular weight is 223 g/mol. The average Bonchev–Trinajstić information content (AvgIpc) is 2.16. The molecular formula is C12H17NO3. The van der Waals surface area contributed by atoms with Crippen molar-refractivity contribution in [2.24, 2.45) is 0 Å². The lowest BCUT2D eigenvalue weighted by Crippen LogP contribution is -2.25. The van der Waals surface area contributed by atoms with Gasteiger partial charge in [-0.2, -0.15) is 0 Å². The molecule has 4 heteroatoms. The predicted molar refractivity (Wildman–Crippen MR) is 63.2 cm³/mol. The number of benzene rings is 1. The molecule has 1 aromatic carbocycles. The summed E-state index contributed by atoms with van der Waals surface area (Å²) in [6.45, 7) is 5.47. The van der Waals surface area contributed by atoms with Crippen LogP contribution in [0.25, 0.3) is 0 Å². The minimum absolute atomic E-state index is 0.604. The third-order valence-corrected chi connectivity index (χ3v) is 2.42. The Kier molecular flexibility index (Phi) is 3.77. The van der Waals surface area contributed by atoms with Crippen molar-refractivity contribution in [2.75, 3.05) is 12.4 Å². The molecule has 16 heavy (non-hydrogen) atoms. The van der Waals surface area contributed by atoms with E-state index in [2.05, 4.69) is 5.32 Å². The van der Waals surface area contributed by atoms with Gasteiger partial charge in [0.05, 0.1) is 7.11 Å². The maximum absolute atomic E-state index is 10.7. The number of carboxylic acids is 1. The van der Waals surface area contributed by atoms with Crippen LogP contribution < -0.4 is 10.1 Å². The van der Waals surface area contributed by atoms with Gasteiger partial charge in [-0.25, -0.2) is 0 Å². The van der Waals surface area contributed by atoms with Crippen LogP contribution in [0.15, 0.2) is 12.1 Å². The van der Waals surface area contributed by atoms with Gasteiger partial charge in [0.2, 0.25) is 0 Å². The zero-order valence-electron chi connectivity index (χ0n) is 10.00. The van der Waals surface area contributed by atoms with Gasteiger partial charge in [0.15, 0.2) is 0 Å². The van der Waals surface area contributed by atoms with Gasteiger partial charge in [-0.15, -0.1) is 0 Å². The van der Waals surface area contributed by atoms with Crippen molar-refractivity contribution in [1.82, 2.24) is 0 Å². The molecule has 0 amide bonds. The fourth-order valence-corrected chi connectivity index (χ4v) is 1.67. The van der Waals surface area contributed by atoms with Crippen molar-refractivity contribution in [3.8, 4) is 5.75 Å². The van der Waals surface area contributed by atoms with Crippen LogP contribution in [0.5, 0.6) is 5.75 Å². The van der Waals surface area contributed by atoms with Gasteiger partial charge in [-0.3, -0.25) is 4.79 Å². The summed E-state index contributed by atoms with van der Waals surface area (Å²) in [7, 11) is 1.63. The maximum Gasteiger partial charge on any atom is 0.325 e. The first-order chi connectivity index (χ1) is 7.45. The van der Waals surface area contributed by atoms with Gasteiger partial charge in [0.25, 0.3) is 0 Å². The second-order valence-electron chi connectivity index (χ2n) is 3.85. The molecule has 0 aliphatic carbocycles. The number of aliphatic carboxylic acids is 1. The molecule has 4 nitrogen and oxygen atoms in total. The summed E-state index contributed by atoms with van der Waals surface area (Å²) in [4.78, 5) is 10.7. The molecule has 1 unspecified atom stereocenters. The molecule has 0 fully saturated rings. The van der Waals surface area contributed by atoms with E-state index in [0.717, 1.165) is 22.6 Å². The van der Waals surface area contributed by atoms with Crippen molar-refractivity contribution in [3.63, 3.8) is 0 Å². The van der Waals surface area contributed by atoms with Crippen LogP contribution in [-0.2, 0) is 4.79 Å². The molecule has 0 aromatic heterocycles. The number of aryl methyl sites for hydroxylation is 2. The number of rotatable bonds is 4. The molecule has 0 saturated heterocycles. The van der Waals surface area contributed by atoms with Gasteiger partial charge in [0.1, 0.15) is 11.8 Å². The minimum atomic E-state index is -0.869. The molecular weight excluding hydrogens is 206 g/mol. The molecule has 0 saturated carbocycles. The first kappa shape index (κ1) is 12.4. The van der Waals surface area contributed by atoms with E-state index < -0.39 is 12.0 Å². The second-order valence-corrected chi connectivity index (χ2v) is 3.85. The van der Waals surface area contributed by atoms with E-state index >= 15 is 0 Å². The van der Waals surface area contributed by atoms with E-state index in [9.17, 15) is 4.79 Å². The molecule has 1 atom stereocenters. The first-order valence-corrected chi connectivity index (χ1v) is 5.10. The molecule has 0 aliphatic heterocycles. The highest BCUT2D eigenvalue weighted by atomic mass is 16.5. The number of carboxylic acid groups (broad SMARTS) is 1. The quantitative estimate of drug-likeness (QED) is 0.821. The van der Waals surface area contributed by atoms with Gasteiger partial charge in [-0.1, -0.05) is 0 Å². The van der Waals surface area contributed by atoms with Crippen LogP contribution in [0.1, 0.15) is 18.1 Å². The minimum Gasteiger partial charge on any atom is -0.496 e. The lowest BCUT2D eigenvalue weighted by Gasteiger charge is -2.15. The Morgan fingerprint density at radius 3 is 2.25 bits per heavy atom. The Labute approximate surface area is 95.2 Å². The smallest absolute Gasteiger partial charge is 0.325 e. The van der Waals surface area contributed by atoms with Crippen LogP contribution in [0.4, 0.5) is 5.69 Å². The van der Waals surface area contributed by atoms with E-state index in [4.69, 9.17) is 9.84 Å². The molecule has 1 rings (SSSR count). The Balaban J connectivity index is 2.96. The predicted octanol–water partition coefficient (Wildman–Crippen LogP) is 2.20. The molecule has 88 valence electrons. The van der Waals surface area contributed by atoms with E-state index in [1.54, 1.807) is 14.0 Å². The fraction of sp³-hybridized carbons (Fsp3) is 0.417. The van der Waals surface area contributed by atoms with Crippen LogP contribution in [0.3, 0.4) is 0 Å². The number of hydrogen-bond acceptors (Lipinski definition) is 3. The van der Waals surface area contributed by atoms with Gasteiger partial charge in [0, 0.05) is 5.69 Å². The molecule has 0 bridgehead atoms. The van der Waals surface area contributed by atoms with Gasteiger partial charge >= 0.3 is 5.97 Å². The maximum atomic E-state index is 10.7. The van der Waals surface area contributed by atoms with Crippen LogP contribution >= 0.6 is 0 Å². The molecule has 0 heterocycles. The van der Waals surface area contributed by atoms with E-state index in [1.165, 1.54) is 0 Å². The summed E-state index contributed by atoms with van der Waals surface area (Å²) < 4.78 is 5.24. The fourth-order valence-electron chi connectivity index (χ4n) is 1.67. The highest BCUT2D eigenvalue weighted by molar-refractivity contribution is 5.77. The van der Waals surface area contributed by atoms with Crippen molar-refractivity contribution >= 4 is 11.7 Å². The van der Waals surface area contributed by atoms with Gasteiger partial charge < -0.3 is 15.2 Å². The van der Waals surface area contributed by atoms with Crippen molar-refractivity contribution in [3.05, 3.63) is 23.3 Å². The van der Waals surface area contributed by atoms with E-state index in [0.29, 0.717) is 0 Å². The van der Waals surface area contributed by atoms with Crippen molar-refractivity contribution in [1.29, 1.82) is 0 Å². The van der Waals surface area contributed by atoms with Crippen molar-refractivity contribution < 1.29 is 14.6 Å². The molecule has 0 aliphatic rings. The Hall–Kier alpha value is -1.71. The summed E-state index contributed by atoms with van der Waals surface area (Å²) in [5.74, 6) is -0.0281. The standard InChI is InChI=1S/C12H17NO3/c1-7-5-10(13-9(3)12(14)15)6-8(2)11(7)16-4/h5-6,9,13H,1-4H3,(H,14,15). The van der Waals surface area contributed by atoms with E-state index in [1.807, 2.05) is 26.0 Å². The zero-order chi connectivity index (χ0) is 12.3. The highest BCUT2D eigenvalue weighted by Crippen LogP contribution is 2.26. The molecule has 1 aromatic rings. The van der Waals surface area contributed by atoms with E-state index in [-0.39, 0.29) is 0 Å².